The number of rotatable bonds is 10. The Labute approximate surface area is 211 Å². The number of hydrogen-bond donors (Lipinski definition) is 2. The van der Waals surface area contributed by atoms with E-state index in [0.29, 0.717) is 29.5 Å². The number of hydrogen-bond acceptors (Lipinski definition) is 6. The van der Waals surface area contributed by atoms with Crippen LogP contribution in [0.4, 0.5) is 4.39 Å². The lowest BCUT2D eigenvalue weighted by atomic mass is 10.1. The van der Waals surface area contributed by atoms with E-state index in [0.717, 1.165) is 31.2 Å². The van der Waals surface area contributed by atoms with Gasteiger partial charge in [0.25, 0.3) is 5.56 Å². The molecule has 190 valence electrons. The molecule has 3 N–H and O–H groups in total. The van der Waals surface area contributed by atoms with E-state index in [1.54, 1.807) is 42.1 Å². The fraction of sp³-hybridized carbons (Fsp3) is 0.357. The maximum absolute atomic E-state index is 14.7. The molecule has 7 nitrogen and oxygen atoms in total. The Morgan fingerprint density at radius 1 is 1.28 bits per heavy atom. The van der Waals surface area contributed by atoms with E-state index in [2.05, 4.69) is 15.3 Å². The number of carbonyl (C=O) groups is 1. The number of aromatic nitrogens is 3. The van der Waals surface area contributed by atoms with Gasteiger partial charge in [-0.25, -0.2) is 9.37 Å². The van der Waals surface area contributed by atoms with Crippen molar-refractivity contribution in [2.24, 2.45) is 5.73 Å². The monoisotopic (exact) mass is 491 g/mol. The number of pyridine rings is 1. The number of nitrogens with zero attached hydrogens (tertiary/aromatic N) is 3. The highest BCUT2D eigenvalue weighted by Gasteiger charge is 2.20. The molecule has 1 fully saturated rings. The number of allylic oxidation sites excluding steroid dienone is 1. The molecule has 0 unspecified atom stereocenters. The fourth-order valence-corrected chi connectivity index (χ4v) is 4.18. The Kier molecular flexibility index (Phi) is 7.74. The molecule has 1 aliphatic carbocycles. The summed E-state index contributed by atoms with van der Waals surface area (Å²) in [6.45, 7) is 6.35. The lowest BCUT2D eigenvalue weighted by Gasteiger charge is -2.17. The first kappa shape index (κ1) is 25.4. The predicted molar refractivity (Wildman–Crippen MR) is 141 cm³/mol. The number of ketones is 1. The van der Waals surface area contributed by atoms with Gasteiger partial charge in [-0.1, -0.05) is 19.9 Å². The van der Waals surface area contributed by atoms with Gasteiger partial charge in [0.15, 0.2) is 0 Å². The van der Waals surface area contributed by atoms with Crippen molar-refractivity contribution in [3.05, 3.63) is 87.5 Å². The number of aryl methyl sites for hydroxylation is 1. The molecule has 0 spiro atoms. The number of halogens is 1. The van der Waals surface area contributed by atoms with Gasteiger partial charge in [0, 0.05) is 55.2 Å². The molecular weight excluding hydrogens is 457 g/mol. The molecule has 0 atom stereocenters. The van der Waals surface area contributed by atoms with Gasteiger partial charge in [0.1, 0.15) is 11.5 Å². The summed E-state index contributed by atoms with van der Waals surface area (Å²) < 4.78 is 16.4. The maximum Gasteiger partial charge on any atom is 0.250 e. The molecule has 0 bridgehead atoms. The first-order valence-corrected chi connectivity index (χ1v) is 12.4. The van der Waals surface area contributed by atoms with Crippen LogP contribution in [-0.2, 0) is 6.54 Å². The maximum atomic E-state index is 14.7. The first-order chi connectivity index (χ1) is 17.3. The number of benzene rings is 1. The molecule has 0 radical (unpaired) electrons. The highest BCUT2D eigenvalue weighted by atomic mass is 19.1. The summed E-state index contributed by atoms with van der Waals surface area (Å²) >= 11 is 0. The zero-order valence-corrected chi connectivity index (χ0v) is 20.9. The molecule has 3 aromatic rings. The van der Waals surface area contributed by atoms with Gasteiger partial charge >= 0.3 is 0 Å². The van der Waals surface area contributed by atoms with Crippen LogP contribution in [0.1, 0.15) is 74.3 Å². The van der Waals surface area contributed by atoms with E-state index in [1.807, 2.05) is 13.8 Å². The molecule has 36 heavy (non-hydrogen) atoms. The second kappa shape index (κ2) is 11.0. The van der Waals surface area contributed by atoms with Gasteiger partial charge in [-0.05, 0) is 56.4 Å². The molecule has 0 amide bonds. The molecule has 1 aromatic carbocycles. The molecule has 1 saturated carbocycles. The topological polar surface area (TPSA) is 103 Å². The van der Waals surface area contributed by atoms with Crippen molar-refractivity contribution in [2.45, 2.75) is 65.1 Å². The van der Waals surface area contributed by atoms with E-state index >= 15 is 0 Å². The van der Waals surface area contributed by atoms with Crippen molar-refractivity contribution in [1.82, 2.24) is 19.9 Å². The van der Waals surface area contributed by atoms with Crippen LogP contribution in [0.2, 0.25) is 0 Å². The first-order valence-electron chi connectivity index (χ1n) is 12.4. The summed E-state index contributed by atoms with van der Waals surface area (Å²) in [7, 11) is 0. The number of nitrogens with one attached hydrogen (secondary N) is 1. The van der Waals surface area contributed by atoms with Gasteiger partial charge in [-0.3, -0.25) is 14.6 Å². The number of nitrogens with two attached hydrogens (primary N) is 1. The van der Waals surface area contributed by atoms with Gasteiger partial charge in [0.2, 0.25) is 5.78 Å². The summed E-state index contributed by atoms with van der Waals surface area (Å²) in [6.07, 6.45) is 8.47. The Hall–Kier alpha value is -3.65. The third kappa shape index (κ3) is 5.76. The van der Waals surface area contributed by atoms with Crippen LogP contribution in [0.25, 0.3) is 17.0 Å². The van der Waals surface area contributed by atoms with Crippen LogP contribution in [-0.4, -0.2) is 26.4 Å². The van der Waals surface area contributed by atoms with Crippen molar-refractivity contribution in [1.29, 1.82) is 0 Å². The zero-order valence-electron chi connectivity index (χ0n) is 20.9. The molecule has 8 heteroatoms. The summed E-state index contributed by atoms with van der Waals surface area (Å²) in [5, 5.41) is 3.35. The molecule has 0 aliphatic heterocycles. The van der Waals surface area contributed by atoms with Crippen molar-refractivity contribution in [2.75, 3.05) is 0 Å². The Balaban J connectivity index is 0.00000380. The highest BCUT2D eigenvalue weighted by Crippen LogP contribution is 2.22. The third-order valence-corrected chi connectivity index (χ3v) is 6.56. The Bertz CT molecular complexity index is 1360. The minimum absolute atomic E-state index is 0. The van der Waals surface area contributed by atoms with Crippen LogP contribution in [0, 0.1) is 12.7 Å². The van der Waals surface area contributed by atoms with Crippen LogP contribution in [0.5, 0.6) is 0 Å². The number of carbonyl (C=O) groups excluding carboxylic acids is 1. The van der Waals surface area contributed by atoms with E-state index < -0.39 is 11.6 Å². The lowest BCUT2D eigenvalue weighted by molar-refractivity contribution is 0.104. The minimum Gasteiger partial charge on any atom is -0.398 e. The van der Waals surface area contributed by atoms with Gasteiger partial charge in [-0.15, -0.1) is 0 Å². The summed E-state index contributed by atoms with van der Waals surface area (Å²) in [5.41, 5.74) is 8.75. The fourth-order valence-electron chi connectivity index (χ4n) is 4.18. The van der Waals surface area contributed by atoms with Gasteiger partial charge in [0.05, 0.1) is 17.6 Å². The van der Waals surface area contributed by atoms with Crippen LogP contribution in [0.3, 0.4) is 0 Å². The van der Waals surface area contributed by atoms with Crippen molar-refractivity contribution in [3.63, 3.8) is 0 Å². The average Bonchev–Trinajstić information content (AvgIpc) is 3.69. The SMILES string of the molecule is CCC(CC)n1cc(-c2cnc(C)c(C(=O)C=C(N)c3ccc(CNC4CC4)cc3F)n2)ccc1=O.[HH]. The van der Waals surface area contributed by atoms with Gasteiger partial charge in [-0.2, -0.15) is 0 Å². The predicted octanol–water partition coefficient (Wildman–Crippen LogP) is 4.79. The second-order valence-electron chi connectivity index (χ2n) is 9.26. The van der Waals surface area contributed by atoms with E-state index in [-0.39, 0.29) is 30.0 Å². The molecule has 2 heterocycles. The minimum atomic E-state index is -0.480. The highest BCUT2D eigenvalue weighted by molar-refractivity contribution is 6.07. The Morgan fingerprint density at radius 3 is 2.69 bits per heavy atom. The normalized spacial score (nSPS) is 13.9. The second-order valence-corrected chi connectivity index (χ2v) is 9.26. The quantitative estimate of drug-likeness (QED) is 0.312. The van der Waals surface area contributed by atoms with E-state index in [9.17, 15) is 14.0 Å². The molecule has 4 rings (SSSR count). The molecule has 0 saturated heterocycles. The van der Waals surface area contributed by atoms with E-state index in [1.165, 1.54) is 18.2 Å². The zero-order chi connectivity index (χ0) is 25.8. The molecule has 1 aliphatic rings. The summed E-state index contributed by atoms with van der Waals surface area (Å²) in [4.78, 5) is 34.3. The molecule has 2 aromatic heterocycles. The van der Waals surface area contributed by atoms with Gasteiger partial charge < -0.3 is 15.6 Å². The van der Waals surface area contributed by atoms with Crippen molar-refractivity contribution >= 4 is 11.5 Å². The van der Waals surface area contributed by atoms with Crippen LogP contribution >= 0.6 is 0 Å². The van der Waals surface area contributed by atoms with Crippen LogP contribution in [0.15, 0.2) is 53.6 Å². The van der Waals surface area contributed by atoms with E-state index in [4.69, 9.17) is 5.73 Å². The van der Waals surface area contributed by atoms with Crippen LogP contribution < -0.4 is 16.6 Å². The summed E-state index contributed by atoms with van der Waals surface area (Å²) in [6, 6.07) is 8.61. The molecular formula is C28H34FN5O2. The van der Waals surface area contributed by atoms with Crippen molar-refractivity contribution in [3.8, 4) is 11.3 Å². The largest absolute Gasteiger partial charge is 0.398 e. The average molecular weight is 492 g/mol. The summed E-state index contributed by atoms with van der Waals surface area (Å²) in [5.74, 6) is -0.946. The standard InChI is InChI=1S/C28H32FN5O2.H2/c1-4-21(5-2)34-16-19(7-11-27(34)36)25-15-31-17(3)28(33-25)26(35)13-24(30)22-10-6-18(12-23(22)29)14-32-20-8-9-20;/h6-7,10-13,15-16,20-21,32H,4-5,8-9,14,30H2,1-3H3;1H. The van der Waals surface area contributed by atoms with Crippen molar-refractivity contribution < 1.29 is 10.6 Å². The smallest absolute Gasteiger partial charge is 0.250 e. The third-order valence-electron chi connectivity index (χ3n) is 6.56. The lowest BCUT2D eigenvalue weighted by Crippen LogP contribution is -2.23. The Morgan fingerprint density at radius 2 is 2.03 bits per heavy atom.